The fourth-order valence-electron chi connectivity index (χ4n) is 2.12. The van der Waals surface area contributed by atoms with Crippen molar-refractivity contribution in [1.82, 2.24) is 4.98 Å². The molecule has 0 bridgehead atoms. The van der Waals surface area contributed by atoms with Crippen LogP contribution in [-0.4, -0.2) is 28.3 Å². The van der Waals surface area contributed by atoms with E-state index >= 15 is 0 Å². The highest BCUT2D eigenvalue weighted by atomic mass is 32.2. The zero-order chi connectivity index (χ0) is 18.4. The minimum absolute atomic E-state index is 0.110. The van der Waals surface area contributed by atoms with E-state index in [1.165, 1.54) is 28.7 Å². The van der Waals surface area contributed by atoms with Crippen molar-refractivity contribution < 1.29 is 9.59 Å². The lowest BCUT2D eigenvalue weighted by Crippen LogP contribution is -2.15. The summed E-state index contributed by atoms with van der Waals surface area (Å²) in [6, 6.07) is 8.34. The number of thioether (sulfide) groups is 1. The van der Waals surface area contributed by atoms with Crippen molar-refractivity contribution in [2.45, 2.75) is 32.6 Å². The number of benzene rings is 1. The number of carbonyl (C=O) groups is 2. The van der Waals surface area contributed by atoms with Crippen LogP contribution in [0.3, 0.4) is 0 Å². The first-order valence-corrected chi connectivity index (χ1v) is 10.0. The summed E-state index contributed by atoms with van der Waals surface area (Å²) in [6.45, 7) is 6.54. The summed E-state index contributed by atoms with van der Waals surface area (Å²) < 4.78 is 0. The second kappa shape index (κ2) is 8.49. The van der Waals surface area contributed by atoms with Gasteiger partial charge in [0.2, 0.25) is 11.8 Å². The van der Waals surface area contributed by atoms with Crippen molar-refractivity contribution in [3.05, 3.63) is 35.2 Å². The number of rotatable bonds is 7. The number of primary amides is 1. The van der Waals surface area contributed by atoms with Crippen LogP contribution in [0.1, 0.15) is 32.8 Å². The molecule has 0 atom stereocenters. The monoisotopic (exact) mass is 377 g/mol. The quantitative estimate of drug-likeness (QED) is 0.721. The van der Waals surface area contributed by atoms with E-state index in [0.717, 1.165) is 11.3 Å². The molecule has 5 nitrogen and oxygen atoms in total. The summed E-state index contributed by atoms with van der Waals surface area (Å²) in [5.74, 6) is 0.314. The molecule has 0 radical (unpaired) electrons. The first kappa shape index (κ1) is 19.5. The molecule has 7 heteroatoms. The van der Waals surface area contributed by atoms with Crippen LogP contribution in [-0.2, 0) is 15.0 Å². The first-order valence-electron chi connectivity index (χ1n) is 7.98. The van der Waals surface area contributed by atoms with Gasteiger partial charge in [-0.25, -0.2) is 4.98 Å². The molecule has 1 aromatic heterocycles. The Balaban J connectivity index is 1.91. The van der Waals surface area contributed by atoms with Crippen LogP contribution in [0.25, 0.3) is 11.3 Å². The third-order valence-electron chi connectivity index (χ3n) is 3.52. The van der Waals surface area contributed by atoms with E-state index in [4.69, 9.17) is 5.73 Å². The molecule has 1 heterocycles. The van der Waals surface area contributed by atoms with E-state index in [0.29, 0.717) is 17.3 Å². The number of nitrogens with two attached hydrogens (primary N) is 1. The van der Waals surface area contributed by atoms with Gasteiger partial charge in [0, 0.05) is 23.1 Å². The number of amides is 2. The number of nitrogens with one attached hydrogen (secondary N) is 1. The summed E-state index contributed by atoms with van der Waals surface area (Å²) in [5, 5.41) is 5.31. The molecular weight excluding hydrogens is 354 g/mol. The maximum atomic E-state index is 11.9. The Hall–Kier alpha value is -1.86. The molecule has 3 N–H and O–H groups in total. The van der Waals surface area contributed by atoms with Gasteiger partial charge in [-0.05, 0) is 11.0 Å². The minimum Gasteiger partial charge on any atom is -0.369 e. The molecule has 0 aliphatic heterocycles. The van der Waals surface area contributed by atoms with Crippen LogP contribution in [0.4, 0.5) is 5.13 Å². The third kappa shape index (κ3) is 6.17. The summed E-state index contributed by atoms with van der Waals surface area (Å²) >= 11 is 2.76. The van der Waals surface area contributed by atoms with Crippen LogP contribution < -0.4 is 11.1 Å². The highest BCUT2D eigenvalue weighted by Gasteiger charge is 2.14. The second-order valence-electron chi connectivity index (χ2n) is 6.68. The van der Waals surface area contributed by atoms with Crippen molar-refractivity contribution in [3.8, 4) is 11.3 Å². The molecule has 0 saturated heterocycles. The van der Waals surface area contributed by atoms with Gasteiger partial charge in [-0.15, -0.1) is 11.3 Å². The van der Waals surface area contributed by atoms with Gasteiger partial charge in [0.05, 0.1) is 11.4 Å². The summed E-state index contributed by atoms with van der Waals surface area (Å²) in [6.07, 6.45) is 0.327. The predicted molar refractivity (Wildman–Crippen MR) is 106 cm³/mol. The van der Waals surface area contributed by atoms with Gasteiger partial charge in [-0.1, -0.05) is 45.0 Å². The van der Waals surface area contributed by atoms with E-state index < -0.39 is 0 Å². The number of thiazole rings is 1. The zero-order valence-electron chi connectivity index (χ0n) is 14.7. The standard InChI is InChI=1S/C18H23N3O2S2/c1-18(2,3)13-6-4-12(5-7-13)14-10-25-17(20-14)21-16(23)8-9-24-11-15(19)22/h4-7,10H,8-9,11H2,1-3H3,(H2,19,22)(H,20,21,23). The van der Waals surface area contributed by atoms with Gasteiger partial charge in [-0.2, -0.15) is 11.8 Å². The van der Waals surface area contributed by atoms with Gasteiger partial charge in [-0.3, -0.25) is 9.59 Å². The molecule has 2 aromatic rings. The molecule has 0 saturated carbocycles. The molecule has 0 unspecified atom stereocenters. The molecule has 1 aromatic carbocycles. The highest BCUT2D eigenvalue weighted by Crippen LogP contribution is 2.28. The van der Waals surface area contributed by atoms with E-state index in [1.807, 2.05) is 5.38 Å². The van der Waals surface area contributed by atoms with Crippen molar-refractivity contribution in [2.24, 2.45) is 5.73 Å². The summed E-state index contributed by atoms with van der Waals surface area (Å²) in [4.78, 5) is 27.0. The smallest absolute Gasteiger partial charge is 0.227 e. The van der Waals surface area contributed by atoms with Gasteiger partial charge in [0.15, 0.2) is 5.13 Å². The van der Waals surface area contributed by atoms with Gasteiger partial charge < -0.3 is 11.1 Å². The molecule has 0 aliphatic rings. The highest BCUT2D eigenvalue weighted by molar-refractivity contribution is 7.99. The molecule has 2 rings (SSSR count). The van der Waals surface area contributed by atoms with Crippen molar-refractivity contribution in [3.63, 3.8) is 0 Å². The lowest BCUT2D eigenvalue weighted by molar-refractivity contribution is -0.116. The fraction of sp³-hybridized carbons (Fsp3) is 0.389. The Kier molecular flexibility index (Phi) is 6.61. The lowest BCUT2D eigenvalue weighted by Gasteiger charge is -2.18. The Morgan fingerprint density at radius 2 is 1.92 bits per heavy atom. The Morgan fingerprint density at radius 3 is 2.52 bits per heavy atom. The average Bonchev–Trinajstić information content (AvgIpc) is 2.99. The average molecular weight is 378 g/mol. The zero-order valence-corrected chi connectivity index (χ0v) is 16.3. The van der Waals surface area contributed by atoms with E-state index in [2.05, 4.69) is 55.3 Å². The lowest BCUT2D eigenvalue weighted by atomic mass is 9.86. The largest absolute Gasteiger partial charge is 0.369 e. The van der Waals surface area contributed by atoms with Crippen molar-refractivity contribution in [1.29, 1.82) is 0 Å². The molecule has 25 heavy (non-hydrogen) atoms. The van der Waals surface area contributed by atoms with Gasteiger partial charge >= 0.3 is 0 Å². The third-order valence-corrected chi connectivity index (χ3v) is 5.25. The van der Waals surface area contributed by atoms with E-state index in [1.54, 1.807) is 0 Å². The van der Waals surface area contributed by atoms with Crippen molar-refractivity contribution in [2.75, 3.05) is 16.8 Å². The molecule has 0 aliphatic carbocycles. The van der Waals surface area contributed by atoms with E-state index in [-0.39, 0.29) is 23.0 Å². The van der Waals surface area contributed by atoms with Gasteiger partial charge in [0.1, 0.15) is 0 Å². The number of carbonyl (C=O) groups excluding carboxylic acids is 2. The van der Waals surface area contributed by atoms with Crippen LogP contribution in [0.2, 0.25) is 0 Å². The summed E-state index contributed by atoms with van der Waals surface area (Å²) in [7, 11) is 0. The van der Waals surface area contributed by atoms with Crippen LogP contribution in [0.15, 0.2) is 29.6 Å². The van der Waals surface area contributed by atoms with Crippen molar-refractivity contribution >= 4 is 40.0 Å². The molecular formula is C18H23N3O2S2. The first-order chi connectivity index (χ1) is 11.8. The fourth-order valence-corrected chi connectivity index (χ4v) is 3.54. The van der Waals surface area contributed by atoms with Crippen LogP contribution >= 0.6 is 23.1 Å². The Bertz CT molecular complexity index is 734. The molecule has 0 fully saturated rings. The molecule has 134 valence electrons. The van der Waals surface area contributed by atoms with Crippen LogP contribution in [0, 0.1) is 0 Å². The number of hydrogen-bond acceptors (Lipinski definition) is 5. The molecule has 2 amide bonds. The second-order valence-corrected chi connectivity index (χ2v) is 8.65. The normalized spacial score (nSPS) is 11.3. The van der Waals surface area contributed by atoms with Gasteiger partial charge in [0.25, 0.3) is 0 Å². The molecule has 0 spiro atoms. The Morgan fingerprint density at radius 1 is 1.24 bits per heavy atom. The van der Waals surface area contributed by atoms with E-state index in [9.17, 15) is 9.59 Å². The number of aromatic nitrogens is 1. The topological polar surface area (TPSA) is 85.1 Å². The number of anilines is 1. The number of hydrogen-bond donors (Lipinski definition) is 2. The maximum absolute atomic E-state index is 11.9. The SMILES string of the molecule is CC(C)(C)c1ccc(-c2csc(NC(=O)CCSCC(N)=O)n2)cc1. The minimum atomic E-state index is -0.368. The summed E-state index contributed by atoms with van der Waals surface area (Å²) in [5.41, 5.74) is 8.32. The Labute approximate surface area is 156 Å². The predicted octanol–water partition coefficient (Wildman–Crippen LogP) is 3.65. The maximum Gasteiger partial charge on any atom is 0.227 e. The van der Waals surface area contributed by atoms with Crippen LogP contribution in [0.5, 0.6) is 0 Å². The number of nitrogens with zero attached hydrogens (tertiary/aromatic N) is 1.